The van der Waals surface area contributed by atoms with Gasteiger partial charge in [-0.2, -0.15) is 0 Å². The van der Waals surface area contributed by atoms with E-state index in [1.54, 1.807) is 0 Å². The Morgan fingerprint density at radius 2 is 1.75 bits per heavy atom. The molecule has 0 saturated heterocycles. The number of carbonyl (C=O) groups is 1. The molecule has 0 aromatic rings. The molecule has 0 heterocycles. The second-order valence-corrected chi connectivity index (χ2v) is 6.53. The van der Waals surface area contributed by atoms with Gasteiger partial charge in [-0.25, -0.2) is 0 Å². The summed E-state index contributed by atoms with van der Waals surface area (Å²) in [4.78, 5) is 12.4. The maximum absolute atomic E-state index is 12.4. The Morgan fingerprint density at radius 3 is 2.38 bits per heavy atom. The lowest BCUT2D eigenvalue weighted by molar-refractivity contribution is -0.138. The van der Waals surface area contributed by atoms with Gasteiger partial charge in [0.25, 0.3) is 0 Å². The number of fused-ring (bicyclic) bond motifs is 1. The van der Waals surface area contributed by atoms with Crippen LogP contribution in [0.25, 0.3) is 0 Å². The van der Waals surface area contributed by atoms with Gasteiger partial charge in [-0.1, -0.05) is 34.1 Å². The third-order valence-electron chi connectivity index (χ3n) is 5.21. The number of Topliss-reactive ketones (excluding diaryl/α,β-unsaturated/α-hetero) is 1. The first kappa shape index (κ1) is 12.1. The fourth-order valence-corrected chi connectivity index (χ4v) is 4.07. The van der Waals surface area contributed by atoms with Gasteiger partial charge in [-0.05, 0) is 42.9 Å². The molecule has 2 saturated carbocycles. The van der Waals surface area contributed by atoms with Crippen LogP contribution in [0.4, 0.5) is 0 Å². The molecule has 0 bridgehead atoms. The number of hydrogen-bond donors (Lipinski definition) is 0. The van der Waals surface area contributed by atoms with Gasteiger partial charge in [0.15, 0.2) is 0 Å². The molecular formula is C15H26O. The van der Waals surface area contributed by atoms with E-state index in [1.165, 1.54) is 19.3 Å². The SMILES string of the molecule is CC1CCC2C(C)CC[C@H](C(C)C)C2C1=O. The Kier molecular flexibility index (Phi) is 3.42. The lowest BCUT2D eigenvalue weighted by Gasteiger charge is -2.47. The van der Waals surface area contributed by atoms with Crippen LogP contribution in [0.2, 0.25) is 0 Å². The summed E-state index contributed by atoms with van der Waals surface area (Å²) in [6, 6.07) is 0. The minimum absolute atomic E-state index is 0.327. The van der Waals surface area contributed by atoms with Crippen molar-refractivity contribution in [3.8, 4) is 0 Å². The number of carbonyl (C=O) groups excluding carboxylic acids is 1. The summed E-state index contributed by atoms with van der Waals surface area (Å²) in [5.74, 6) is 4.12. The Balaban J connectivity index is 2.23. The van der Waals surface area contributed by atoms with Crippen molar-refractivity contribution >= 4 is 5.78 Å². The monoisotopic (exact) mass is 222 g/mol. The summed E-state index contributed by atoms with van der Waals surface area (Å²) in [5, 5.41) is 0. The standard InChI is InChI=1S/C15H26O/c1-9(2)12-7-5-10(3)13-8-6-11(4)15(16)14(12)13/h9-14H,5-8H2,1-4H3/t10?,11?,12-,13?,14?/m1/s1. The number of rotatable bonds is 1. The zero-order valence-corrected chi connectivity index (χ0v) is 11.2. The molecule has 0 aliphatic heterocycles. The van der Waals surface area contributed by atoms with E-state index in [4.69, 9.17) is 0 Å². The lowest BCUT2D eigenvalue weighted by atomic mass is 9.57. The molecule has 0 aromatic heterocycles. The highest BCUT2D eigenvalue weighted by Crippen LogP contribution is 2.48. The first-order chi connectivity index (χ1) is 7.52. The van der Waals surface area contributed by atoms with Gasteiger partial charge in [-0.15, -0.1) is 0 Å². The molecular weight excluding hydrogens is 196 g/mol. The van der Waals surface area contributed by atoms with E-state index < -0.39 is 0 Å². The minimum Gasteiger partial charge on any atom is -0.299 e. The second-order valence-electron chi connectivity index (χ2n) is 6.53. The Morgan fingerprint density at radius 1 is 1.06 bits per heavy atom. The van der Waals surface area contributed by atoms with Crippen molar-refractivity contribution in [2.45, 2.75) is 53.4 Å². The smallest absolute Gasteiger partial charge is 0.139 e. The molecule has 1 nitrogen and oxygen atoms in total. The highest BCUT2D eigenvalue weighted by molar-refractivity contribution is 5.84. The van der Waals surface area contributed by atoms with Crippen LogP contribution in [0.5, 0.6) is 0 Å². The van der Waals surface area contributed by atoms with Gasteiger partial charge in [0.1, 0.15) is 5.78 Å². The summed E-state index contributed by atoms with van der Waals surface area (Å²) >= 11 is 0. The predicted molar refractivity (Wildman–Crippen MR) is 67.1 cm³/mol. The minimum atomic E-state index is 0.327. The van der Waals surface area contributed by atoms with Crippen LogP contribution in [-0.4, -0.2) is 5.78 Å². The molecule has 0 amide bonds. The Bertz CT molecular complexity index is 265. The van der Waals surface area contributed by atoms with Gasteiger partial charge in [0.2, 0.25) is 0 Å². The molecule has 0 aromatic carbocycles. The summed E-state index contributed by atoms with van der Waals surface area (Å²) in [5.41, 5.74) is 0. The summed E-state index contributed by atoms with van der Waals surface area (Å²) in [7, 11) is 0. The lowest BCUT2D eigenvalue weighted by Crippen LogP contribution is -2.45. The zero-order valence-electron chi connectivity index (χ0n) is 11.2. The largest absolute Gasteiger partial charge is 0.299 e. The second kappa shape index (κ2) is 4.50. The van der Waals surface area contributed by atoms with Gasteiger partial charge < -0.3 is 0 Å². The van der Waals surface area contributed by atoms with Crippen molar-refractivity contribution in [3.05, 3.63) is 0 Å². The van der Waals surface area contributed by atoms with Crippen LogP contribution in [0.1, 0.15) is 53.4 Å². The highest BCUT2D eigenvalue weighted by atomic mass is 16.1. The van der Waals surface area contributed by atoms with Crippen molar-refractivity contribution in [3.63, 3.8) is 0 Å². The van der Waals surface area contributed by atoms with Crippen LogP contribution in [0.3, 0.4) is 0 Å². The van der Waals surface area contributed by atoms with E-state index in [-0.39, 0.29) is 0 Å². The van der Waals surface area contributed by atoms with E-state index >= 15 is 0 Å². The number of hydrogen-bond acceptors (Lipinski definition) is 1. The number of ketones is 1. The van der Waals surface area contributed by atoms with Gasteiger partial charge in [0, 0.05) is 11.8 Å². The molecule has 2 aliphatic carbocycles. The van der Waals surface area contributed by atoms with E-state index in [0.717, 1.165) is 12.3 Å². The van der Waals surface area contributed by atoms with Crippen molar-refractivity contribution in [2.75, 3.05) is 0 Å². The first-order valence-electron chi connectivity index (χ1n) is 7.06. The molecule has 4 unspecified atom stereocenters. The summed E-state index contributed by atoms with van der Waals surface area (Å²) in [6.07, 6.45) is 5.04. The highest BCUT2D eigenvalue weighted by Gasteiger charge is 2.46. The van der Waals surface area contributed by atoms with Gasteiger partial charge >= 0.3 is 0 Å². The van der Waals surface area contributed by atoms with Gasteiger partial charge in [-0.3, -0.25) is 4.79 Å². The average Bonchev–Trinajstić information content (AvgIpc) is 2.23. The van der Waals surface area contributed by atoms with Crippen LogP contribution in [0.15, 0.2) is 0 Å². The van der Waals surface area contributed by atoms with Crippen molar-refractivity contribution in [1.82, 2.24) is 0 Å². The quantitative estimate of drug-likeness (QED) is 0.657. The summed E-state index contributed by atoms with van der Waals surface area (Å²) < 4.78 is 0. The van der Waals surface area contributed by atoms with E-state index in [9.17, 15) is 4.79 Å². The molecule has 2 fully saturated rings. The third kappa shape index (κ3) is 1.94. The normalized spacial score (nSPS) is 44.6. The molecule has 0 spiro atoms. The molecule has 92 valence electrons. The van der Waals surface area contributed by atoms with E-state index in [1.807, 2.05) is 0 Å². The molecule has 0 N–H and O–H groups in total. The predicted octanol–water partition coefficient (Wildman–Crippen LogP) is 3.92. The van der Waals surface area contributed by atoms with Crippen LogP contribution in [0, 0.1) is 35.5 Å². The molecule has 2 aliphatic rings. The fourth-order valence-electron chi connectivity index (χ4n) is 4.07. The Hall–Kier alpha value is -0.330. The van der Waals surface area contributed by atoms with Crippen molar-refractivity contribution in [2.24, 2.45) is 35.5 Å². The zero-order chi connectivity index (χ0) is 11.9. The maximum Gasteiger partial charge on any atom is 0.139 e. The third-order valence-corrected chi connectivity index (χ3v) is 5.21. The topological polar surface area (TPSA) is 17.1 Å². The van der Waals surface area contributed by atoms with Crippen molar-refractivity contribution in [1.29, 1.82) is 0 Å². The molecule has 1 heteroatoms. The summed E-state index contributed by atoms with van der Waals surface area (Å²) in [6.45, 7) is 9.08. The molecule has 2 rings (SSSR count). The molecule has 0 radical (unpaired) electrons. The maximum atomic E-state index is 12.4. The molecule has 16 heavy (non-hydrogen) atoms. The van der Waals surface area contributed by atoms with E-state index in [0.29, 0.717) is 35.4 Å². The molecule has 5 atom stereocenters. The van der Waals surface area contributed by atoms with Crippen molar-refractivity contribution < 1.29 is 4.79 Å². The average molecular weight is 222 g/mol. The van der Waals surface area contributed by atoms with Crippen LogP contribution < -0.4 is 0 Å². The Labute approximate surface area is 100.0 Å². The first-order valence-corrected chi connectivity index (χ1v) is 7.06. The fraction of sp³-hybridized carbons (Fsp3) is 0.933. The van der Waals surface area contributed by atoms with E-state index in [2.05, 4.69) is 27.7 Å². The van der Waals surface area contributed by atoms with Crippen LogP contribution >= 0.6 is 0 Å². The van der Waals surface area contributed by atoms with Gasteiger partial charge in [0.05, 0.1) is 0 Å². The van der Waals surface area contributed by atoms with Crippen LogP contribution in [-0.2, 0) is 4.79 Å².